The summed E-state index contributed by atoms with van der Waals surface area (Å²) >= 11 is 2.01. The molecule has 17 heavy (non-hydrogen) atoms. The van der Waals surface area contributed by atoms with E-state index in [9.17, 15) is 0 Å². The van der Waals surface area contributed by atoms with E-state index >= 15 is 0 Å². The van der Waals surface area contributed by atoms with Crippen molar-refractivity contribution in [3.8, 4) is 0 Å². The Bertz CT molecular complexity index is 401. The monoisotopic (exact) mass is 250 g/mol. The summed E-state index contributed by atoms with van der Waals surface area (Å²) in [6.07, 6.45) is 2.93. The number of nitrogens with one attached hydrogen (secondary N) is 1. The van der Waals surface area contributed by atoms with Crippen LogP contribution in [0.1, 0.15) is 17.7 Å². The molecule has 0 radical (unpaired) electrons. The number of hydrogen-bond donors (Lipinski definition) is 2. The van der Waals surface area contributed by atoms with E-state index in [4.69, 9.17) is 11.1 Å². The lowest BCUT2D eigenvalue weighted by molar-refractivity contribution is 0.254. The van der Waals surface area contributed by atoms with Crippen LogP contribution in [0.25, 0.3) is 0 Å². The van der Waals surface area contributed by atoms with E-state index in [0.717, 1.165) is 12.1 Å². The molecule has 0 aromatic carbocycles. The summed E-state index contributed by atoms with van der Waals surface area (Å²) in [6.45, 7) is 0.813. The summed E-state index contributed by atoms with van der Waals surface area (Å²) in [5, 5.41) is 7.52. The fourth-order valence-corrected chi connectivity index (χ4v) is 3.37. The maximum absolute atomic E-state index is 7.52. The molecule has 0 bridgehead atoms. The maximum Gasteiger partial charge on any atom is 0.142 e. The third-order valence-corrected chi connectivity index (χ3v) is 4.24. The Morgan fingerprint density at radius 3 is 3.18 bits per heavy atom. The van der Waals surface area contributed by atoms with Gasteiger partial charge in [0.1, 0.15) is 11.5 Å². The van der Waals surface area contributed by atoms with Crippen molar-refractivity contribution in [3.05, 3.63) is 29.6 Å². The van der Waals surface area contributed by atoms with Crippen molar-refractivity contribution in [2.45, 2.75) is 19.0 Å². The van der Waals surface area contributed by atoms with E-state index in [-0.39, 0.29) is 5.84 Å². The average Bonchev–Trinajstić information content (AvgIpc) is 2.83. The van der Waals surface area contributed by atoms with Crippen LogP contribution in [0.3, 0.4) is 0 Å². The van der Waals surface area contributed by atoms with E-state index in [1.807, 2.05) is 23.9 Å². The minimum Gasteiger partial charge on any atom is -0.382 e. The molecule has 0 aliphatic carbocycles. The molecule has 1 aromatic rings. The molecule has 0 amide bonds. The van der Waals surface area contributed by atoms with Crippen LogP contribution in [0.5, 0.6) is 0 Å². The Morgan fingerprint density at radius 2 is 2.53 bits per heavy atom. The predicted octanol–water partition coefficient (Wildman–Crippen LogP) is 1.30. The van der Waals surface area contributed by atoms with Crippen LogP contribution < -0.4 is 5.73 Å². The zero-order valence-corrected chi connectivity index (χ0v) is 10.8. The molecule has 2 rings (SSSR count). The summed E-state index contributed by atoms with van der Waals surface area (Å²) in [5.74, 6) is 2.50. The molecule has 0 saturated carbocycles. The lowest BCUT2D eigenvalue weighted by atomic mass is 10.1. The van der Waals surface area contributed by atoms with Crippen LogP contribution >= 0.6 is 11.8 Å². The number of nitrogens with two attached hydrogens (primary N) is 1. The first-order valence-corrected chi connectivity index (χ1v) is 6.90. The highest BCUT2D eigenvalue weighted by molar-refractivity contribution is 7.99. The van der Waals surface area contributed by atoms with Crippen LogP contribution in [0.4, 0.5) is 0 Å². The van der Waals surface area contributed by atoms with Crippen molar-refractivity contribution < 1.29 is 0 Å². The number of nitrogens with zero attached hydrogens (tertiary/aromatic N) is 2. The molecule has 1 atom stereocenters. The molecule has 1 fully saturated rings. The zero-order chi connectivity index (χ0) is 12.3. The van der Waals surface area contributed by atoms with Crippen LogP contribution in [-0.4, -0.2) is 40.3 Å². The lowest BCUT2D eigenvalue weighted by Crippen LogP contribution is -2.32. The summed E-state index contributed by atoms with van der Waals surface area (Å²) in [4.78, 5) is 6.51. The predicted molar refractivity (Wildman–Crippen MR) is 72.5 cm³/mol. The minimum absolute atomic E-state index is 0.0507. The SMILES string of the molecule is CN(Cc1cccnc1C(=N)N)C1CCSC1. The smallest absolute Gasteiger partial charge is 0.142 e. The second-order valence-electron chi connectivity index (χ2n) is 4.36. The largest absolute Gasteiger partial charge is 0.382 e. The molecule has 1 unspecified atom stereocenters. The molecule has 1 aliphatic heterocycles. The van der Waals surface area contributed by atoms with Crippen molar-refractivity contribution in [2.24, 2.45) is 5.73 Å². The number of rotatable bonds is 4. The summed E-state index contributed by atoms with van der Waals surface area (Å²) in [6, 6.07) is 4.54. The number of thioether (sulfide) groups is 1. The first-order valence-electron chi connectivity index (χ1n) is 5.74. The topological polar surface area (TPSA) is 66.0 Å². The Morgan fingerprint density at radius 1 is 1.71 bits per heavy atom. The highest BCUT2D eigenvalue weighted by Crippen LogP contribution is 2.22. The fraction of sp³-hybridized carbons (Fsp3) is 0.500. The second-order valence-corrected chi connectivity index (χ2v) is 5.51. The summed E-state index contributed by atoms with van der Waals surface area (Å²) in [5.41, 5.74) is 7.20. The Hall–Kier alpha value is -1.07. The van der Waals surface area contributed by atoms with Gasteiger partial charge in [-0.3, -0.25) is 15.3 Å². The molecular weight excluding hydrogens is 232 g/mol. The Kier molecular flexibility index (Phi) is 4.02. The van der Waals surface area contributed by atoms with E-state index < -0.39 is 0 Å². The van der Waals surface area contributed by atoms with Gasteiger partial charge in [0, 0.05) is 24.5 Å². The van der Waals surface area contributed by atoms with Gasteiger partial charge in [0.15, 0.2) is 0 Å². The third-order valence-electron chi connectivity index (χ3n) is 3.10. The zero-order valence-electron chi connectivity index (χ0n) is 10.0. The highest BCUT2D eigenvalue weighted by Gasteiger charge is 2.21. The number of hydrogen-bond acceptors (Lipinski definition) is 4. The molecule has 1 aliphatic rings. The van der Waals surface area contributed by atoms with E-state index in [1.54, 1.807) is 6.20 Å². The van der Waals surface area contributed by atoms with Crippen molar-refractivity contribution in [1.82, 2.24) is 9.88 Å². The van der Waals surface area contributed by atoms with Gasteiger partial charge >= 0.3 is 0 Å². The molecule has 5 heteroatoms. The fourth-order valence-electron chi connectivity index (χ4n) is 2.08. The standard InChI is InChI=1S/C12H18N4S/c1-16(10-4-6-17-8-10)7-9-3-2-5-15-11(9)12(13)14/h2-3,5,10H,4,6-8H2,1H3,(H3,13,14). The Labute approximate surface area is 106 Å². The maximum atomic E-state index is 7.52. The number of pyridine rings is 1. The number of nitrogen functional groups attached to an aromatic ring is 1. The van der Waals surface area contributed by atoms with Gasteiger partial charge in [-0.25, -0.2) is 0 Å². The van der Waals surface area contributed by atoms with Crippen molar-refractivity contribution in [1.29, 1.82) is 5.41 Å². The molecule has 2 heterocycles. The summed E-state index contributed by atoms with van der Waals surface area (Å²) in [7, 11) is 2.13. The van der Waals surface area contributed by atoms with Gasteiger partial charge in [0.05, 0.1) is 0 Å². The Balaban J connectivity index is 2.09. The molecule has 4 nitrogen and oxygen atoms in total. The van der Waals surface area contributed by atoms with Crippen LogP contribution in [-0.2, 0) is 6.54 Å². The van der Waals surface area contributed by atoms with Crippen molar-refractivity contribution >= 4 is 17.6 Å². The van der Waals surface area contributed by atoms with Crippen LogP contribution in [0, 0.1) is 5.41 Å². The quantitative estimate of drug-likeness (QED) is 0.624. The molecule has 1 aromatic heterocycles. The lowest BCUT2D eigenvalue weighted by Gasteiger charge is -2.24. The highest BCUT2D eigenvalue weighted by atomic mass is 32.2. The molecule has 0 spiro atoms. The van der Waals surface area contributed by atoms with Gasteiger partial charge in [-0.1, -0.05) is 6.07 Å². The average molecular weight is 250 g/mol. The molecular formula is C12H18N4S. The third kappa shape index (κ3) is 2.98. The van der Waals surface area contributed by atoms with Gasteiger partial charge in [0.2, 0.25) is 0 Å². The van der Waals surface area contributed by atoms with Crippen LogP contribution in [0.2, 0.25) is 0 Å². The summed E-state index contributed by atoms with van der Waals surface area (Å²) < 4.78 is 0. The van der Waals surface area contributed by atoms with E-state index in [1.165, 1.54) is 17.9 Å². The molecule has 3 N–H and O–H groups in total. The van der Waals surface area contributed by atoms with Gasteiger partial charge in [-0.15, -0.1) is 0 Å². The first-order chi connectivity index (χ1) is 8.18. The van der Waals surface area contributed by atoms with Gasteiger partial charge in [0.25, 0.3) is 0 Å². The van der Waals surface area contributed by atoms with Gasteiger partial charge in [-0.05, 0) is 30.9 Å². The molecule has 92 valence electrons. The first kappa shape index (κ1) is 12.4. The van der Waals surface area contributed by atoms with Crippen molar-refractivity contribution in [3.63, 3.8) is 0 Å². The minimum atomic E-state index is 0.0507. The molecule has 1 saturated heterocycles. The van der Waals surface area contributed by atoms with Gasteiger partial charge in [-0.2, -0.15) is 11.8 Å². The normalized spacial score (nSPS) is 19.8. The van der Waals surface area contributed by atoms with E-state index in [0.29, 0.717) is 11.7 Å². The number of amidine groups is 1. The van der Waals surface area contributed by atoms with E-state index in [2.05, 4.69) is 16.9 Å². The van der Waals surface area contributed by atoms with Crippen LogP contribution in [0.15, 0.2) is 18.3 Å². The number of aromatic nitrogens is 1. The second kappa shape index (κ2) is 5.51. The van der Waals surface area contributed by atoms with Gasteiger partial charge < -0.3 is 5.73 Å². The van der Waals surface area contributed by atoms with Crippen molar-refractivity contribution in [2.75, 3.05) is 18.6 Å².